The van der Waals surface area contributed by atoms with Crippen LogP contribution in [-0.4, -0.2) is 20.4 Å². The first-order chi connectivity index (χ1) is 10.0. The van der Waals surface area contributed by atoms with Gasteiger partial charge in [0, 0.05) is 5.56 Å². The largest absolute Gasteiger partial charge is 0.374 e. The monoisotopic (exact) mass is 299 g/mol. The van der Waals surface area contributed by atoms with Crippen LogP contribution in [-0.2, 0) is 0 Å². The third kappa shape index (κ3) is 2.55. The van der Waals surface area contributed by atoms with Crippen molar-refractivity contribution in [1.29, 1.82) is 0 Å². The first kappa shape index (κ1) is 13.4. The van der Waals surface area contributed by atoms with Gasteiger partial charge in [-0.1, -0.05) is 35.1 Å². The Kier molecular flexibility index (Phi) is 3.26. The van der Waals surface area contributed by atoms with Crippen molar-refractivity contribution in [2.45, 2.75) is 13.8 Å². The molecule has 0 bridgehead atoms. The predicted octanol–water partition coefficient (Wildman–Crippen LogP) is 2.15. The molecule has 0 amide bonds. The molecule has 0 aliphatic heterocycles. The molecule has 0 fully saturated rings. The summed E-state index contributed by atoms with van der Waals surface area (Å²) in [5, 5.41) is 15.1. The highest BCUT2D eigenvalue weighted by atomic mass is 32.1. The summed E-state index contributed by atoms with van der Waals surface area (Å²) in [7, 11) is 0. The van der Waals surface area contributed by atoms with Gasteiger partial charge < -0.3 is 5.73 Å². The number of aryl methyl sites for hydroxylation is 2. The second kappa shape index (κ2) is 5.10. The number of anilines is 1. The molecule has 0 unspecified atom stereocenters. The van der Waals surface area contributed by atoms with E-state index in [2.05, 4.69) is 26.5 Å². The van der Waals surface area contributed by atoms with Gasteiger partial charge in [-0.05, 0) is 25.5 Å². The van der Waals surface area contributed by atoms with E-state index in [1.54, 1.807) is 6.07 Å². The first-order valence-electron chi connectivity index (χ1n) is 6.31. The zero-order chi connectivity index (χ0) is 15.0. The molecular weight excluding hydrogens is 286 g/mol. The SMILES string of the molecule is Cc1ccc(-c2cc(-c3nnc(N)s3)c(=O)[nH]n2)c(C)c1. The molecule has 106 valence electrons. The number of hydrogen-bond donors (Lipinski definition) is 2. The van der Waals surface area contributed by atoms with E-state index in [4.69, 9.17) is 5.73 Å². The number of benzene rings is 1. The molecule has 7 heteroatoms. The quantitative estimate of drug-likeness (QED) is 0.755. The highest BCUT2D eigenvalue weighted by molar-refractivity contribution is 7.18. The third-order valence-electron chi connectivity index (χ3n) is 3.13. The van der Waals surface area contributed by atoms with Crippen molar-refractivity contribution in [2.75, 3.05) is 5.73 Å². The smallest absolute Gasteiger partial charge is 0.274 e. The van der Waals surface area contributed by atoms with Crippen LogP contribution in [0.15, 0.2) is 29.1 Å². The van der Waals surface area contributed by atoms with Gasteiger partial charge in [-0.3, -0.25) is 4.79 Å². The number of aromatic amines is 1. The molecule has 6 nitrogen and oxygen atoms in total. The van der Waals surface area contributed by atoms with Crippen molar-refractivity contribution in [1.82, 2.24) is 20.4 Å². The molecule has 3 aromatic rings. The van der Waals surface area contributed by atoms with Crippen LogP contribution in [0.25, 0.3) is 21.8 Å². The number of nitrogen functional groups attached to an aromatic ring is 1. The van der Waals surface area contributed by atoms with Crippen molar-refractivity contribution < 1.29 is 0 Å². The Morgan fingerprint density at radius 2 is 1.95 bits per heavy atom. The van der Waals surface area contributed by atoms with E-state index in [1.807, 2.05) is 26.0 Å². The van der Waals surface area contributed by atoms with Gasteiger partial charge in [-0.2, -0.15) is 5.10 Å². The van der Waals surface area contributed by atoms with Crippen molar-refractivity contribution in [2.24, 2.45) is 0 Å². The molecule has 0 radical (unpaired) electrons. The van der Waals surface area contributed by atoms with Crippen LogP contribution >= 0.6 is 11.3 Å². The van der Waals surface area contributed by atoms with Gasteiger partial charge in [0.15, 0.2) is 5.01 Å². The van der Waals surface area contributed by atoms with Crippen LogP contribution in [0.4, 0.5) is 5.13 Å². The lowest BCUT2D eigenvalue weighted by Crippen LogP contribution is -2.11. The maximum Gasteiger partial charge on any atom is 0.274 e. The molecule has 0 atom stereocenters. The van der Waals surface area contributed by atoms with Gasteiger partial charge >= 0.3 is 0 Å². The number of aromatic nitrogens is 4. The van der Waals surface area contributed by atoms with Gasteiger partial charge in [0.2, 0.25) is 5.13 Å². The second-order valence-electron chi connectivity index (χ2n) is 4.76. The van der Waals surface area contributed by atoms with Gasteiger partial charge in [-0.25, -0.2) is 5.10 Å². The van der Waals surface area contributed by atoms with Gasteiger partial charge in [0.1, 0.15) is 0 Å². The summed E-state index contributed by atoms with van der Waals surface area (Å²) in [6, 6.07) is 7.79. The van der Waals surface area contributed by atoms with Gasteiger partial charge in [0.25, 0.3) is 5.56 Å². The fraction of sp³-hybridized carbons (Fsp3) is 0.143. The zero-order valence-corrected chi connectivity index (χ0v) is 12.4. The normalized spacial score (nSPS) is 10.8. The molecule has 0 saturated heterocycles. The molecule has 2 heterocycles. The number of nitrogens with two attached hydrogens (primary N) is 1. The number of rotatable bonds is 2. The summed E-state index contributed by atoms with van der Waals surface area (Å²) in [6.07, 6.45) is 0. The second-order valence-corrected chi connectivity index (χ2v) is 5.77. The standard InChI is InChI=1S/C14H13N5OS/c1-7-3-4-9(8(2)5-7)11-6-10(12(20)17-16-11)13-18-19-14(15)21-13/h3-6H,1-2H3,(H2,15,19)(H,17,20). The van der Waals surface area contributed by atoms with E-state index < -0.39 is 0 Å². The minimum absolute atomic E-state index is 0.306. The van der Waals surface area contributed by atoms with E-state index in [0.29, 0.717) is 21.4 Å². The average Bonchev–Trinajstić information content (AvgIpc) is 2.86. The molecule has 3 rings (SSSR count). The molecule has 2 aromatic heterocycles. The first-order valence-corrected chi connectivity index (χ1v) is 7.13. The molecule has 21 heavy (non-hydrogen) atoms. The van der Waals surface area contributed by atoms with Gasteiger partial charge in [-0.15, -0.1) is 10.2 Å². The summed E-state index contributed by atoms with van der Waals surface area (Å²) in [4.78, 5) is 11.9. The van der Waals surface area contributed by atoms with Crippen LogP contribution < -0.4 is 11.3 Å². The lowest BCUT2D eigenvalue weighted by Gasteiger charge is -2.06. The summed E-state index contributed by atoms with van der Waals surface area (Å²) in [5.41, 5.74) is 9.62. The average molecular weight is 299 g/mol. The minimum Gasteiger partial charge on any atom is -0.374 e. The Bertz CT molecular complexity index is 868. The maximum absolute atomic E-state index is 11.9. The lowest BCUT2D eigenvalue weighted by molar-refractivity contribution is 0.991. The Morgan fingerprint density at radius 1 is 1.14 bits per heavy atom. The molecular formula is C14H13N5OS. The number of H-pyrrole nitrogens is 1. The van der Waals surface area contributed by atoms with Crippen molar-refractivity contribution in [3.8, 4) is 21.8 Å². The Labute approximate surface area is 124 Å². The van der Waals surface area contributed by atoms with E-state index in [-0.39, 0.29) is 5.56 Å². The molecule has 0 spiro atoms. The Morgan fingerprint density at radius 3 is 2.62 bits per heavy atom. The molecule has 0 saturated carbocycles. The minimum atomic E-state index is -0.306. The summed E-state index contributed by atoms with van der Waals surface area (Å²) >= 11 is 1.17. The van der Waals surface area contributed by atoms with Crippen molar-refractivity contribution >= 4 is 16.5 Å². The van der Waals surface area contributed by atoms with Crippen LogP contribution in [0.2, 0.25) is 0 Å². The maximum atomic E-state index is 11.9. The van der Waals surface area contributed by atoms with Crippen molar-refractivity contribution in [3.05, 3.63) is 45.7 Å². The summed E-state index contributed by atoms with van der Waals surface area (Å²) in [6.45, 7) is 4.05. The zero-order valence-electron chi connectivity index (χ0n) is 11.5. The highest BCUT2D eigenvalue weighted by Gasteiger charge is 2.13. The van der Waals surface area contributed by atoms with E-state index in [1.165, 1.54) is 16.9 Å². The number of hydrogen-bond acceptors (Lipinski definition) is 6. The van der Waals surface area contributed by atoms with Crippen molar-refractivity contribution in [3.63, 3.8) is 0 Å². The van der Waals surface area contributed by atoms with E-state index >= 15 is 0 Å². The highest BCUT2D eigenvalue weighted by Crippen LogP contribution is 2.26. The van der Waals surface area contributed by atoms with E-state index in [0.717, 1.165) is 11.1 Å². The molecule has 0 aliphatic carbocycles. The molecule has 3 N–H and O–H groups in total. The number of nitrogens with one attached hydrogen (secondary N) is 1. The summed E-state index contributed by atoms with van der Waals surface area (Å²) < 4.78 is 0. The summed E-state index contributed by atoms with van der Waals surface area (Å²) in [5.74, 6) is 0. The van der Waals surface area contributed by atoms with Crippen LogP contribution in [0.1, 0.15) is 11.1 Å². The Balaban J connectivity index is 2.15. The Hall–Kier alpha value is -2.54. The van der Waals surface area contributed by atoms with Crippen LogP contribution in [0.5, 0.6) is 0 Å². The number of nitrogens with zero attached hydrogens (tertiary/aromatic N) is 3. The lowest BCUT2D eigenvalue weighted by atomic mass is 10.0. The van der Waals surface area contributed by atoms with Crippen LogP contribution in [0, 0.1) is 13.8 Å². The van der Waals surface area contributed by atoms with Gasteiger partial charge in [0.05, 0.1) is 11.3 Å². The molecule has 0 aliphatic rings. The predicted molar refractivity (Wildman–Crippen MR) is 83.1 cm³/mol. The topological polar surface area (TPSA) is 97.5 Å². The fourth-order valence-corrected chi connectivity index (χ4v) is 2.77. The third-order valence-corrected chi connectivity index (χ3v) is 3.92. The fourth-order valence-electron chi connectivity index (χ4n) is 2.15. The molecule has 1 aromatic carbocycles. The van der Waals surface area contributed by atoms with E-state index in [9.17, 15) is 4.79 Å². The van der Waals surface area contributed by atoms with Crippen LogP contribution in [0.3, 0.4) is 0 Å².